The van der Waals surface area contributed by atoms with Crippen LogP contribution in [0.3, 0.4) is 0 Å². The van der Waals surface area contributed by atoms with Gasteiger partial charge in [-0.15, -0.1) is 5.10 Å². The highest BCUT2D eigenvalue weighted by Crippen LogP contribution is 2.45. The highest BCUT2D eigenvalue weighted by molar-refractivity contribution is 5.92. The van der Waals surface area contributed by atoms with Gasteiger partial charge in [0, 0.05) is 30.9 Å². The summed E-state index contributed by atoms with van der Waals surface area (Å²) in [5, 5.41) is 11.4. The second-order valence-corrected chi connectivity index (χ2v) is 8.93. The zero-order valence-electron chi connectivity index (χ0n) is 18.3. The Kier molecular flexibility index (Phi) is 5.08. The molecule has 9 heteroatoms. The second-order valence-electron chi connectivity index (χ2n) is 8.93. The lowest BCUT2D eigenvalue weighted by Gasteiger charge is -2.54. The van der Waals surface area contributed by atoms with Crippen LogP contribution in [0.2, 0.25) is 0 Å². The van der Waals surface area contributed by atoms with Crippen molar-refractivity contribution < 1.29 is 8.78 Å². The van der Waals surface area contributed by atoms with Gasteiger partial charge in [-0.3, -0.25) is 0 Å². The van der Waals surface area contributed by atoms with Crippen molar-refractivity contribution >= 4 is 23.1 Å². The molecule has 0 aromatic carbocycles. The third kappa shape index (κ3) is 3.60. The van der Waals surface area contributed by atoms with E-state index in [0.717, 1.165) is 42.6 Å². The summed E-state index contributed by atoms with van der Waals surface area (Å²) in [6, 6.07) is 2.35. The Hall–Kier alpha value is -3.07. The molecule has 0 bridgehead atoms. The van der Waals surface area contributed by atoms with Crippen LogP contribution in [0, 0.1) is 19.3 Å². The highest BCUT2D eigenvalue weighted by atomic mass is 19.3. The molecule has 4 heterocycles. The first kappa shape index (κ1) is 20.8. The van der Waals surface area contributed by atoms with E-state index in [9.17, 15) is 8.78 Å². The molecule has 0 atom stereocenters. The number of allylic oxidation sites excluding steroid dienone is 2. The van der Waals surface area contributed by atoms with E-state index in [4.69, 9.17) is 0 Å². The van der Waals surface area contributed by atoms with E-state index >= 15 is 0 Å². The monoisotopic (exact) mass is 439 g/mol. The highest BCUT2D eigenvalue weighted by Gasteiger charge is 2.48. The zero-order chi connectivity index (χ0) is 22.5. The average molecular weight is 440 g/mol. The first-order valence-corrected chi connectivity index (χ1v) is 10.9. The maximum Gasteiger partial charge on any atom is 0.256 e. The molecule has 1 aliphatic carbocycles. The molecular formula is C23H27F2N7. The number of halogens is 2. The lowest BCUT2D eigenvalue weighted by molar-refractivity contribution is 0.0467. The van der Waals surface area contributed by atoms with Crippen molar-refractivity contribution in [3.8, 4) is 0 Å². The van der Waals surface area contributed by atoms with Crippen LogP contribution in [-0.4, -0.2) is 49.7 Å². The van der Waals surface area contributed by atoms with Gasteiger partial charge in [0.2, 0.25) is 5.95 Å². The van der Waals surface area contributed by atoms with Gasteiger partial charge in [0.15, 0.2) is 0 Å². The molecule has 1 spiro atoms. The maximum absolute atomic E-state index is 13.1. The fourth-order valence-corrected chi connectivity index (χ4v) is 4.92. The van der Waals surface area contributed by atoms with E-state index in [1.165, 1.54) is 0 Å². The molecule has 7 nitrogen and oxygen atoms in total. The largest absolute Gasteiger partial charge is 0.350 e. The van der Waals surface area contributed by atoms with E-state index in [0.29, 0.717) is 34.6 Å². The number of rotatable bonds is 7. The molecule has 0 amide bonds. The summed E-state index contributed by atoms with van der Waals surface area (Å²) in [6.45, 7) is 9.32. The molecule has 2 N–H and O–H groups in total. The standard InChI is InChI=1S/C23H27F2N7/c1-4-16(7-19-14(2)28-15(3)31(19)11-21(24)25)18-5-6-32-20(18)10-27-22(30-32)29-17-8-23(9-17)12-26-13-23/h4-7,10,17,21,26H,1,8-9,11-13H2,2-3H3,(H,29,30)/b16-7+. The minimum Gasteiger partial charge on any atom is -0.350 e. The topological polar surface area (TPSA) is 72.1 Å². The van der Waals surface area contributed by atoms with Gasteiger partial charge in [-0.2, -0.15) is 0 Å². The Morgan fingerprint density at radius 2 is 2.16 bits per heavy atom. The molecule has 2 fully saturated rings. The summed E-state index contributed by atoms with van der Waals surface area (Å²) < 4.78 is 29.5. The number of hydrogen-bond acceptors (Lipinski definition) is 5. The molecule has 2 aliphatic rings. The van der Waals surface area contributed by atoms with E-state index in [1.807, 2.05) is 25.3 Å². The van der Waals surface area contributed by atoms with Gasteiger partial charge < -0.3 is 15.2 Å². The number of anilines is 1. The summed E-state index contributed by atoms with van der Waals surface area (Å²) in [5.74, 6) is 1.17. The van der Waals surface area contributed by atoms with Crippen molar-refractivity contribution in [2.75, 3.05) is 18.4 Å². The minimum absolute atomic E-state index is 0.393. The van der Waals surface area contributed by atoms with Gasteiger partial charge in [0.1, 0.15) is 5.82 Å². The molecule has 3 aromatic rings. The quantitative estimate of drug-likeness (QED) is 0.550. The number of hydrogen-bond donors (Lipinski definition) is 2. The summed E-state index contributed by atoms with van der Waals surface area (Å²) in [6.07, 6.45) is 7.07. The van der Waals surface area contributed by atoms with E-state index in [-0.39, 0.29) is 0 Å². The summed E-state index contributed by atoms with van der Waals surface area (Å²) in [5.41, 5.74) is 4.35. The predicted octanol–water partition coefficient (Wildman–Crippen LogP) is 3.70. The zero-order valence-corrected chi connectivity index (χ0v) is 18.3. The lowest BCUT2D eigenvalue weighted by Crippen LogP contribution is -2.63. The van der Waals surface area contributed by atoms with E-state index in [1.54, 1.807) is 28.3 Å². The van der Waals surface area contributed by atoms with Gasteiger partial charge >= 0.3 is 0 Å². The van der Waals surface area contributed by atoms with Crippen LogP contribution < -0.4 is 10.6 Å². The number of aromatic nitrogens is 5. The second kappa shape index (κ2) is 7.81. The first-order valence-electron chi connectivity index (χ1n) is 10.9. The number of alkyl halides is 2. The van der Waals surface area contributed by atoms with Crippen LogP contribution in [-0.2, 0) is 6.54 Å². The number of nitrogens with zero attached hydrogens (tertiary/aromatic N) is 5. The van der Waals surface area contributed by atoms with Crippen LogP contribution in [0.25, 0.3) is 17.2 Å². The number of aryl methyl sites for hydroxylation is 2. The maximum atomic E-state index is 13.1. The Bertz CT molecular complexity index is 1190. The van der Waals surface area contributed by atoms with Crippen LogP contribution in [0.1, 0.15) is 35.6 Å². The minimum atomic E-state index is -2.46. The van der Waals surface area contributed by atoms with Gasteiger partial charge in [-0.05, 0) is 49.8 Å². The molecule has 1 saturated carbocycles. The summed E-state index contributed by atoms with van der Waals surface area (Å²) >= 11 is 0. The third-order valence-electron chi connectivity index (χ3n) is 6.63. The van der Waals surface area contributed by atoms with Crippen molar-refractivity contribution in [3.63, 3.8) is 0 Å². The van der Waals surface area contributed by atoms with Crippen molar-refractivity contribution in [2.24, 2.45) is 5.41 Å². The van der Waals surface area contributed by atoms with E-state index in [2.05, 4.69) is 32.3 Å². The molecule has 0 radical (unpaired) electrons. The van der Waals surface area contributed by atoms with Gasteiger partial charge in [0.05, 0.1) is 29.6 Å². The fraction of sp³-hybridized carbons (Fsp3) is 0.435. The Morgan fingerprint density at radius 3 is 2.81 bits per heavy atom. The van der Waals surface area contributed by atoms with Crippen molar-refractivity contribution in [2.45, 2.75) is 45.7 Å². The number of imidazole rings is 1. The van der Waals surface area contributed by atoms with Gasteiger partial charge in [0.25, 0.3) is 6.43 Å². The summed E-state index contributed by atoms with van der Waals surface area (Å²) in [7, 11) is 0. The van der Waals surface area contributed by atoms with Gasteiger partial charge in [-0.1, -0.05) is 12.7 Å². The van der Waals surface area contributed by atoms with E-state index < -0.39 is 13.0 Å². The lowest BCUT2D eigenvalue weighted by atomic mass is 9.62. The Labute approximate surface area is 185 Å². The predicted molar refractivity (Wildman–Crippen MR) is 121 cm³/mol. The van der Waals surface area contributed by atoms with Crippen molar-refractivity contribution in [1.29, 1.82) is 0 Å². The normalized spacial score (nSPS) is 18.2. The molecule has 0 unspecified atom stereocenters. The third-order valence-corrected chi connectivity index (χ3v) is 6.63. The smallest absolute Gasteiger partial charge is 0.256 e. The molecule has 5 rings (SSSR count). The Balaban J connectivity index is 1.42. The van der Waals surface area contributed by atoms with Crippen LogP contribution in [0.15, 0.2) is 31.1 Å². The van der Waals surface area contributed by atoms with Crippen molar-refractivity contribution in [3.05, 3.63) is 53.9 Å². The molecule has 168 valence electrons. The van der Waals surface area contributed by atoms with Crippen LogP contribution in [0.4, 0.5) is 14.7 Å². The Morgan fingerprint density at radius 1 is 1.38 bits per heavy atom. The molecule has 1 aliphatic heterocycles. The molecule has 32 heavy (non-hydrogen) atoms. The van der Waals surface area contributed by atoms with Crippen molar-refractivity contribution in [1.82, 2.24) is 29.5 Å². The molecular weight excluding hydrogens is 412 g/mol. The van der Waals surface area contributed by atoms with Crippen LogP contribution >= 0.6 is 0 Å². The first-order chi connectivity index (χ1) is 15.4. The SMILES string of the molecule is C=C/C(=C\c1c(C)nc(C)n1CC(F)F)c1ccn2nc(NC3CC4(CNC4)C3)ncc12. The summed E-state index contributed by atoms with van der Waals surface area (Å²) in [4.78, 5) is 8.90. The fourth-order valence-electron chi connectivity index (χ4n) is 4.92. The number of nitrogens with one attached hydrogen (secondary N) is 2. The van der Waals surface area contributed by atoms with Crippen LogP contribution in [0.5, 0.6) is 0 Å². The number of fused-ring (bicyclic) bond motifs is 1. The molecule has 1 saturated heterocycles. The van der Waals surface area contributed by atoms with Gasteiger partial charge in [-0.25, -0.2) is 23.3 Å². The molecule has 3 aromatic heterocycles. The average Bonchev–Trinajstić information content (AvgIpc) is 3.21.